The van der Waals surface area contributed by atoms with E-state index >= 15 is 0 Å². The lowest BCUT2D eigenvalue weighted by atomic mass is 9.96. The van der Waals surface area contributed by atoms with Crippen LogP contribution in [0.15, 0.2) is 28.4 Å². The Bertz CT molecular complexity index is 338. The third-order valence-corrected chi connectivity index (χ3v) is 3.28. The molecule has 0 aromatic heterocycles. The van der Waals surface area contributed by atoms with Crippen molar-refractivity contribution in [2.24, 2.45) is 11.0 Å². The summed E-state index contributed by atoms with van der Waals surface area (Å²) in [5, 5.41) is 6.45. The molecule has 0 radical (unpaired) electrons. The Labute approximate surface area is 72.3 Å². The van der Waals surface area contributed by atoms with Crippen molar-refractivity contribution in [1.29, 1.82) is 0 Å². The largest absolute Gasteiger partial charge is 0.289 e. The van der Waals surface area contributed by atoms with E-state index in [2.05, 4.69) is 36.2 Å². The van der Waals surface area contributed by atoms with Crippen molar-refractivity contribution in [3.63, 3.8) is 0 Å². The fraction of sp³-hybridized carbons (Fsp3) is 0.500. The molecule has 0 bridgehead atoms. The van der Waals surface area contributed by atoms with E-state index in [0.717, 1.165) is 5.92 Å². The van der Waals surface area contributed by atoms with E-state index in [9.17, 15) is 0 Å². The van der Waals surface area contributed by atoms with E-state index in [1.165, 1.54) is 17.6 Å². The molecule has 2 atom stereocenters. The molecule has 2 nitrogen and oxygen atoms in total. The van der Waals surface area contributed by atoms with Gasteiger partial charge in [-0.05, 0) is 13.3 Å². The number of likely N-dealkylation sites (N-methyl/N-ethyl adjacent to an activating group) is 1. The summed E-state index contributed by atoms with van der Waals surface area (Å²) >= 11 is 0. The second-order valence-electron chi connectivity index (χ2n) is 4.01. The van der Waals surface area contributed by atoms with Gasteiger partial charge >= 0.3 is 0 Å². The summed E-state index contributed by atoms with van der Waals surface area (Å²) in [6.07, 6.45) is 7.90. The molecule has 0 N–H and O–H groups in total. The van der Waals surface area contributed by atoms with Crippen LogP contribution in [0.3, 0.4) is 0 Å². The van der Waals surface area contributed by atoms with E-state index in [0.29, 0.717) is 5.54 Å². The topological polar surface area (TPSA) is 15.6 Å². The smallest absolute Gasteiger partial charge is 0.0909 e. The fourth-order valence-electron chi connectivity index (χ4n) is 2.50. The number of hydrogen-bond donors (Lipinski definition) is 0. The Hall–Kier alpha value is -1.05. The predicted molar refractivity (Wildman–Crippen MR) is 48.9 cm³/mol. The van der Waals surface area contributed by atoms with Crippen LogP contribution in [0.25, 0.3) is 0 Å². The molecular weight excluding hydrogens is 148 g/mol. The van der Waals surface area contributed by atoms with Crippen molar-refractivity contribution in [2.45, 2.75) is 18.9 Å². The maximum absolute atomic E-state index is 4.34. The van der Waals surface area contributed by atoms with Crippen LogP contribution in [0.1, 0.15) is 13.3 Å². The predicted octanol–water partition coefficient (Wildman–Crippen LogP) is 1.56. The normalized spacial score (nSPS) is 41.8. The summed E-state index contributed by atoms with van der Waals surface area (Å²) in [5.41, 5.74) is 3.10. The second-order valence-corrected chi connectivity index (χ2v) is 4.01. The minimum atomic E-state index is 0.291. The summed E-state index contributed by atoms with van der Waals surface area (Å²) in [6, 6.07) is 0. The van der Waals surface area contributed by atoms with E-state index in [1.54, 1.807) is 0 Å². The number of hydrogen-bond acceptors (Lipinski definition) is 2. The molecule has 0 aromatic carbocycles. The van der Waals surface area contributed by atoms with Crippen molar-refractivity contribution in [3.8, 4) is 0 Å². The van der Waals surface area contributed by atoms with E-state index in [1.807, 2.05) is 6.21 Å². The van der Waals surface area contributed by atoms with Gasteiger partial charge in [-0.1, -0.05) is 17.7 Å². The van der Waals surface area contributed by atoms with E-state index < -0.39 is 0 Å². The van der Waals surface area contributed by atoms with Crippen molar-refractivity contribution in [3.05, 3.63) is 23.3 Å². The highest BCUT2D eigenvalue weighted by Crippen LogP contribution is 2.58. The molecule has 1 saturated carbocycles. The summed E-state index contributed by atoms with van der Waals surface area (Å²) in [4.78, 5) is 0. The van der Waals surface area contributed by atoms with Gasteiger partial charge in [0.25, 0.3) is 0 Å². The molecule has 3 aliphatic rings. The molecule has 2 aliphatic carbocycles. The van der Waals surface area contributed by atoms with Crippen LogP contribution in [0.2, 0.25) is 0 Å². The summed E-state index contributed by atoms with van der Waals surface area (Å²) in [6.45, 7) is 2.17. The third kappa shape index (κ3) is 0.521. The zero-order valence-corrected chi connectivity index (χ0v) is 7.41. The van der Waals surface area contributed by atoms with Crippen LogP contribution in [-0.4, -0.2) is 23.8 Å². The highest BCUT2D eigenvalue weighted by molar-refractivity contribution is 5.87. The molecule has 0 amide bonds. The highest BCUT2D eigenvalue weighted by Gasteiger charge is 2.61. The lowest BCUT2D eigenvalue weighted by molar-refractivity contribution is 0.279. The van der Waals surface area contributed by atoms with Crippen molar-refractivity contribution in [1.82, 2.24) is 5.01 Å². The van der Waals surface area contributed by atoms with Crippen LogP contribution < -0.4 is 0 Å². The van der Waals surface area contributed by atoms with Gasteiger partial charge in [0, 0.05) is 18.5 Å². The first-order valence-electron chi connectivity index (χ1n) is 4.42. The van der Waals surface area contributed by atoms with Crippen LogP contribution in [-0.2, 0) is 0 Å². The number of hydrazone groups is 1. The standard InChI is InChI=1S/C10H12N2/c1-7-3-8-5-10(8)9(4-7)6-11-12(10)2/h3-4,6,8H,5H2,1-2H3. The van der Waals surface area contributed by atoms with Crippen molar-refractivity contribution in [2.75, 3.05) is 7.05 Å². The number of nitrogens with zero attached hydrogens (tertiary/aromatic N) is 2. The molecule has 3 rings (SSSR count). The number of rotatable bonds is 0. The molecule has 62 valence electrons. The first-order valence-corrected chi connectivity index (χ1v) is 4.42. The molecule has 0 aromatic rings. The second kappa shape index (κ2) is 1.65. The molecule has 1 aliphatic heterocycles. The molecule has 12 heavy (non-hydrogen) atoms. The Balaban J connectivity index is 2.13. The lowest BCUT2D eigenvalue weighted by Crippen LogP contribution is -2.29. The van der Waals surface area contributed by atoms with Gasteiger partial charge in [0.15, 0.2) is 0 Å². The zero-order chi connectivity index (χ0) is 8.34. The molecular formula is C10H12N2. The first-order chi connectivity index (χ1) is 5.73. The molecule has 0 saturated heterocycles. The van der Waals surface area contributed by atoms with Crippen LogP contribution in [0, 0.1) is 5.92 Å². The quantitative estimate of drug-likeness (QED) is 0.525. The summed E-state index contributed by atoms with van der Waals surface area (Å²) in [5.74, 6) is 0.727. The minimum absolute atomic E-state index is 0.291. The van der Waals surface area contributed by atoms with Gasteiger partial charge < -0.3 is 0 Å². The summed E-state index contributed by atoms with van der Waals surface area (Å²) in [7, 11) is 2.08. The van der Waals surface area contributed by atoms with Gasteiger partial charge in [0.2, 0.25) is 0 Å². The number of allylic oxidation sites excluding steroid dienone is 2. The Morgan fingerprint density at radius 1 is 1.67 bits per heavy atom. The zero-order valence-electron chi connectivity index (χ0n) is 7.41. The van der Waals surface area contributed by atoms with Gasteiger partial charge in [-0.15, -0.1) is 0 Å². The van der Waals surface area contributed by atoms with Gasteiger partial charge in [-0.25, -0.2) is 0 Å². The monoisotopic (exact) mass is 160 g/mol. The summed E-state index contributed by atoms with van der Waals surface area (Å²) < 4.78 is 0. The first kappa shape index (κ1) is 6.46. The van der Waals surface area contributed by atoms with Crippen LogP contribution in [0.4, 0.5) is 0 Å². The SMILES string of the molecule is CC1=CC2CC23C(=C1)C=NN3C. The van der Waals surface area contributed by atoms with Gasteiger partial charge in [-0.3, -0.25) is 5.01 Å². The Morgan fingerprint density at radius 2 is 2.50 bits per heavy atom. The minimum Gasteiger partial charge on any atom is -0.289 e. The maximum Gasteiger partial charge on any atom is 0.0909 e. The molecule has 2 heteroatoms. The fourth-order valence-corrected chi connectivity index (χ4v) is 2.50. The maximum atomic E-state index is 4.34. The molecule has 1 heterocycles. The lowest BCUT2D eigenvalue weighted by Gasteiger charge is -2.22. The van der Waals surface area contributed by atoms with Crippen molar-refractivity contribution < 1.29 is 0 Å². The Morgan fingerprint density at radius 3 is 3.33 bits per heavy atom. The van der Waals surface area contributed by atoms with E-state index in [4.69, 9.17) is 0 Å². The third-order valence-electron chi connectivity index (χ3n) is 3.28. The van der Waals surface area contributed by atoms with Gasteiger partial charge in [0.1, 0.15) is 0 Å². The van der Waals surface area contributed by atoms with Gasteiger partial charge in [-0.2, -0.15) is 5.10 Å². The van der Waals surface area contributed by atoms with E-state index in [-0.39, 0.29) is 0 Å². The van der Waals surface area contributed by atoms with Crippen LogP contribution in [0.5, 0.6) is 0 Å². The van der Waals surface area contributed by atoms with Gasteiger partial charge in [0.05, 0.1) is 11.8 Å². The molecule has 1 spiro atoms. The van der Waals surface area contributed by atoms with Crippen LogP contribution >= 0.6 is 0 Å². The molecule has 2 unspecified atom stereocenters. The highest BCUT2D eigenvalue weighted by atomic mass is 15.5. The Kier molecular flexibility index (Phi) is 0.891. The average molecular weight is 160 g/mol. The average Bonchev–Trinajstić information content (AvgIpc) is 2.67. The van der Waals surface area contributed by atoms with Crippen molar-refractivity contribution >= 4 is 6.21 Å². The molecule has 1 fully saturated rings.